The van der Waals surface area contributed by atoms with Crippen LogP contribution in [-0.2, 0) is 4.79 Å². The van der Waals surface area contributed by atoms with E-state index in [2.05, 4.69) is 56.3 Å². The van der Waals surface area contributed by atoms with Crippen LogP contribution in [0.4, 0.5) is 0 Å². The van der Waals surface area contributed by atoms with Crippen molar-refractivity contribution in [3.8, 4) is 0 Å². The summed E-state index contributed by atoms with van der Waals surface area (Å²) in [7, 11) is 1.97. The molecule has 154 valence electrons. The quantitative estimate of drug-likeness (QED) is 0.755. The second-order valence-corrected chi connectivity index (χ2v) is 10.4. The van der Waals surface area contributed by atoms with E-state index in [-0.39, 0.29) is 28.9 Å². The van der Waals surface area contributed by atoms with Gasteiger partial charge in [-0.2, -0.15) is 0 Å². The third-order valence-corrected chi connectivity index (χ3v) is 9.07. The third kappa shape index (κ3) is 2.70. The van der Waals surface area contributed by atoms with Gasteiger partial charge in [0.15, 0.2) is 0 Å². The number of likely N-dealkylation sites (N-methyl/N-ethyl adjacent to an activating group) is 1. The molecule has 5 rings (SSSR count). The molecule has 0 spiro atoms. The summed E-state index contributed by atoms with van der Waals surface area (Å²) in [6.45, 7) is 4.70. The zero-order valence-corrected chi connectivity index (χ0v) is 17.8. The molecular formula is C26H33NO2. The summed E-state index contributed by atoms with van der Waals surface area (Å²) in [6.07, 6.45) is 11.6. The van der Waals surface area contributed by atoms with Crippen molar-refractivity contribution in [2.24, 2.45) is 28.6 Å². The highest BCUT2D eigenvalue weighted by atomic mass is 16.3. The normalized spacial score (nSPS) is 45.1. The summed E-state index contributed by atoms with van der Waals surface area (Å²) in [5.74, 6) is 1.83. The number of rotatable bonds is 1. The van der Waals surface area contributed by atoms with Crippen molar-refractivity contribution >= 4 is 12.0 Å². The predicted molar refractivity (Wildman–Crippen MR) is 116 cm³/mol. The Labute approximate surface area is 174 Å². The van der Waals surface area contributed by atoms with Gasteiger partial charge in [-0.3, -0.25) is 4.79 Å². The first kappa shape index (κ1) is 19.1. The molecule has 1 aromatic carbocycles. The highest BCUT2D eigenvalue weighted by Gasteiger charge is 2.61. The Balaban J connectivity index is 1.62. The van der Waals surface area contributed by atoms with Gasteiger partial charge in [0.25, 0.3) is 0 Å². The first-order valence-electron chi connectivity index (χ1n) is 11.2. The number of carbonyl (C=O) groups is 1. The Morgan fingerprint density at radius 3 is 2.62 bits per heavy atom. The van der Waals surface area contributed by atoms with Crippen molar-refractivity contribution in [3.63, 3.8) is 0 Å². The lowest BCUT2D eigenvalue weighted by molar-refractivity contribution is -0.135. The van der Waals surface area contributed by atoms with E-state index >= 15 is 0 Å². The molecule has 3 aliphatic carbocycles. The number of benzene rings is 1. The van der Waals surface area contributed by atoms with Crippen LogP contribution in [-0.4, -0.2) is 35.1 Å². The monoisotopic (exact) mass is 391 g/mol. The largest absolute Gasteiger partial charge is 0.393 e. The summed E-state index contributed by atoms with van der Waals surface area (Å²) >= 11 is 0. The lowest BCUT2D eigenvalue weighted by Gasteiger charge is -2.60. The molecule has 3 nitrogen and oxygen atoms in total. The van der Waals surface area contributed by atoms with Crippen LogP contribution in [0.1, 0.15) is 51.5 Å². The molecule has 1 aliphatic heterocycles. The fraction of sp³-hybridized carbons (Fsp3) is 0.577. The van der Waals surface area contributed by atoms with Gasteiger partial charge >= 0.3 is 0 Å². The molecule has 0 saturated heterocycles. The van der Waals surface area contributed by atoms with Crippen LogP contribution in [0.5, 0.6) is 0 Å². The molecule has 1 heterocycles. The van der Waals surface area contributed by atoms with Gasteiger partial charge < -0.3 is 10.0 Å². The molecule has 3 saturated carbocycles. The van der Waals surface area contributed by atoms with E-state index in [1.807, 2.05) is 11.9 Å². The van der Waals surface area contributed by atoms with Gasteiger partial charge in [-0.15, -0.1) is 0 Å². The van der Waals surface area contributed by atoms with Gasteiger partial charge in [0.2, 0.25) is 5.91 Å². The summed E-state index contributed by atoms with van der Waals surface area (Å²) in [6, 6.07) is 10.6. The zero-order valence-electron chi connectivity index (χ0n) is 17.8. The predicted octanol–water partition coefficient (Wildman–Crippen LogP) is 4.68. The Bertz CT molecular complexity index is 874. The van der Waals surface area contributed by atoms with Gasteiger partial charge in [-0.1, -0.05) is 56.3 Å². The molecule has 2 unspecified atom stereocenters. The van der Waals surface area contributed by atoms with Crippen molar-refractivity contribution in [1.29, 1.82) is 0 Å². The topological polar surface area (TPSA) is 40.5 Å². The summed E-state index contributed by atoms with van der Waals surface area (Å²) < 4.78 is 0. The molecule has 3 heteroatoms. The number of aliphatic hydroxyl groups is 1. The van der Waals surface area contributed by atoms with E-state index in [1.165, 1.54) is 11.1 Å². The van der Waals surface area contributed by atoms with E-state index in [4.69, 9.17) is 0 Å². The average Bonchev–Trinajstić information content (AvgIpc) is 3.01. The number of aliphatic hydroxyl groups excluding tert-OH is 1. The van der Waals surface area contributed by atoms with Crippen LogP contribution in [0.15, 0.2) is 48.1 Å². The first-order valence-corrected chi connectivity index (χ1v) is 11.2. The highest BCUT2D eigenvalue weighted by molar-refractivity contribution is 5.89. The first-order chi connectivity index (χ1) is 13.8. The van der Waals surface area contributed by atoms with Crippen LogP contribution in [0, 0.1) is 28.6 Å². The third-order valence-electron chi connectivity index (χ3n) is 9.07. The summed E-state index contributed by atoms with van der Waals surface area (Å²) in [5.41, 5.74) is 2.61. The van der Waals surface area contributed by atoms with Crippen LogP contribution >= 0.6 is 0 Å². The van der Waals surface area contributed by atoms with Gasteiger partial charge in [-0.05, 0) is 72.5 Å². The Kier molecular flexibility index (Phi) is 4.33. The van der Waals surface area contributed by atoms with E-state index in [9.17, 15) is 9.90 Å². The van der Waals surface area contributed by atoms with Crippen molar-refractivity contribution in [2.45, 2.75) is 58.1 Å². The van der Waals surface area contributed by atoms with Crippen molar-refractivity contribution in [3.05, 3.63) is 53.6 Å². The molecule has 1 amide bonds. The maximum atomic E-state index is 12.6. The van der Waals surface area contributed by atoms with E-state index in [0.717, 1.165) is 32.1 Å². The second kappa shape index (κ2) is 6.57. The van der Waals surface area contributed by atoms with Crippen molar-refractivity contribution < 1.29 is 9.90 Å². The number of hydrogen-bond acceptors (Lipinski definition) is 2. The molecule has 0 aromatic heterocycles. The molecule has 1 aromatic rings. The van der Waals surface area contributed by atoms with E-state index in [1.54, 1.807) is 6.08 Å². The number of carbonyl (C=O) groups excluding carboxylic acids is 1. The minimum absolute atomic E-state index is 0.0406. The zero-order chi connectivity index (χ0) is 20.4. The molecule has 29 heavy (non-hydrogen) atoms. The van der Waals surface area contributed by atoms with Crippen LogP contribution in [0.25, 0.3) is 6.08 Å². The van der Waals surface area contributed by atoms with Gasteiger partial charge in [-0.25, -0.2) is 0 Å². The molecule has 7 atom stereocenters. The van der Waals surface area contributed by atoms with Gasteiger partial charge in [0, 0.05) is 12.5 Å². The smallest absolute Gasteiger partial charge is 0.246 e. The number of fused-ring (bicyclic) bond motifs is 5. The molecule has 4 aliphatic rings. The molecule has 0 bridgehead atoms. The van der Waals surface area contributed by atoms with Crippen LogP contribution in [0.3, 0.4) is 0 Å². The second-order valence-electron chi connectivity index (χ2n) is 10.4. The SMILES string of the molecule is CN1C(=O)C=C[C@@]2(C)C1C(=Cc1ccccc1)C[C@@H]1[C@H]2CC[C@]2(C)C(O)CC[C@@H]12. The van der Waals surface area contributed by atoms with E-state index < -0.39 is 0 Å². The molecule has 3 fully saturated rings. The lowest BCUT2D eigenvalue weighted by Crippen LogP contribution is -2.60. The molecule has 1 N–H and O–H groups in total. The van der Waals surface area contributed by atoms with Crippen molar-refractivity contribution in [2.75, 3.05) is 7.05 Å². The maximum Gasteiger partial charge on any atom is 0.246 e. The minimum Gasteiger partial charge on any atom is -0.393 e. The van der Waals surface area contributed by atoms with Crippen LogP contribution in [0.2, 0.25) is 0 Å². The fourth-order valence-electron chi connectivity index (χ4n) is 7.58. The van der Waals surface area contributed by atoms with Crippen LogP contribution < -0.4 is 0 Å². The maximum absolute atomic E-state index is 12.6. The number of nitrogens with zero attached hydrogens (tertiary/aromatic N) is 1. The van der Waals surface area contributed by atoms with Gasteiger partial charge in [0.05, 0.1) is 12.1 Å². The highest BCUT2D eigenvalue weighted by Crippen LogP contribution is 2.64. The van der Waals surface area contributed by atoms with Crippen molar-refractivity contribution in [1.82, 2.24) is 4.90 Å². The lowest BCUT2D eigenvalue weighted by atomic mass is 9.47. The van der Waals surface area contributed by atoms with Gasteiger partial charge in [0.1, 0.15) is 0 Å². The summed E-state index contributed by atoms with van der Waals surface area (Å²) in [5, 5.41) is 10.8. The molecule has 0 radical (unpaired) electrons. The Morgan fingerprint density at radius 2 is 1.86 bits per heavy atom. The Morgan fingerprint density at radius 1 is 1.10 bits per heavy atom. The number of hydrogen-bond donors (Lipinski definition) is 1. The Hall–Kier alpha value is -1.87. The standard InChI is InChI=1S/C26H33NO2/c1-25-13-11-21-19(20(25)9-10-22(25)28)16-18(15-17-7-5-4-6-8-17)24-26(21,2)14-12-23(29)27(24)3/h4-8,12,14-15,19-22,24,28H,9-11,13,16H2,1-3H3/t19-,20-,21+,22?,24?,25-,26+/m0/s1. The molecular weight excluding hydrogens is 358 g/mol. The average molecular weight is 392 g/mol. The minimum atomic E-state index is -0.160. The summed E-state index contributed by atoms with van der Waals surface area (Å²) in [4.78, 5) is 14.6. The van der Waals surface area contributed by atoms with E-state index in [0.29, 0.717) is 17.8 Å². The fourth-order valence-corrected chi connectivity index (χ4v) is 7.58. The number of amides is 1.